The second-order valence-corrected chi connectivity index (χ2v) is 7.67. The highest BCUT2D eigenvalue weighted by Crippen LogP contribution is 2.25. The standard InChI is InChI=1S/C20H27Cl2N3/c1-16-23-19(21)20(22)25(16)15-12-18-11-5-6-13-24(18)14-7-10-17-8-3-2-4-9-17/h2-4,8-9,18H,5-7,10-15H2,1H3. The van der Waals surface area contributed by atoms with E-state index in [1.54, 1.807) is 0 Å². The fourth-order valence-corrected chi connectivity index (χ4v) is 4.33. The first kappa shape index (κ1) is 18.8. The maximum atomic E-state index is 6.27. The van der Waals surface area contributed by atoms with Gasteiger partial charge >= 0.3 is 0 Å². The fraction of sp³-hybridized carbons (Fsp3) is 0.550. The predicted octanol–water partition coefficient (Wildman–Crippen LogP) is 5.38. The van der Waals surface area contributed by atoms with Crippen LogP contribution in [0.2, 0.25) is 10.3 Å². The highest BCUT2D eigenvalue weighted by Gasteiger charge is 2.22. The summed E-state index contributed by atoms with van der Waals surface area (Å²) in [5, 5.41) is 0.994. The molecule has 1 aromatic heterocycles. The van der Waals surface area contributed by atoms with Crippen molar-refractivity contribution in [2.75, 3.05) is 13.1 Å². The first-order chi connectivity index (χ1) is 12.1. The lowest BCUT2D eigenvalue weighted by Crippen LogP contribution is -2.40. The van der Waals surface area contributed by atoms with Gasteiger partial charge in [0.05, 0.1) is 0 Å². The van der Waals surface area contributed by atoms with Crippen LogP contribution >= 0.6 is 23.2 Å². The van der Waals surface area contributed by atoms with E-state index in [1.165, 1.54) is 44.3 Å². The van der Waals surface area contributed by atoms with E-state index < -0.39 is 0 Å². The molecule has 1 atom stereocenters. The first-order valence-corrected chi connectivity index (χ1v) is 10.1. The number of imidazole rings is 1. The molecule has 2 heterocycles. The topological polar surface area (TPSA) is 21.1 Å². The van der Waals surface area contributed by atoms with Gasteiger partial charge in [-0.2, -0.15) is 0 Å². The number of aryl methyl sites for hydroxylation is 2. The average molecular weight is 380 g/mol. The number of halogens is 2. The van der Waals surface area contributed by atoms with Crippen LogP contribution < -0.4 is 0 Å². The van der Waals surface area contributed by atoms with Crippen molar-refractivity contribution in [3.8, 4) is 0 Å². The largest absolute Gasteiger partial charge is 0.318 e. The number of aromatic nitrogens is 2. The van der Waals surface area contributed by atoms with Crippen LogP contribution in [0.5, 0.6) is 0 Å². The lowest BCUT2D eigenvalue weighted by molar-refractivity contribution is 0.134. The maximum Gasteiger partial charge on any atom is 0.166 e. The molecule has 0 aliphatic carbocycles. The third-order valence-electron chi connectivity index (χ3n) is 5.25. The second-order valence-electron chi connectivity index (χ2n) is 6.96. The minimum absolute atomic E-state index is 0.419. The monoisotopic (exact) mass is 379 g/mol. The van der Waals surface area contributed by atoms with Crippen LogP contribution in [0.15, 0.2) is 30.3 Å². The Hall–Kier alpha value is -1.03. The molecule has 5 heteroatoms. The lowest BCUT2D eigenvalue weighted by Gasteiger charge is -2.36. The molecule has 0 saturated carbocycles. The quantitative estimate of drug-likeness (QED) is 0.643. The van der Waals surface area contributed by atoms with Crippen LogP contribution in [-0.2, 0) is 13.0 Å². The Morgan fingerprint density at radius 3 is 2.64 bits per heavy atom. The molecule has 1 saturated heterocycles. The molecule has 3 rings (SSSR count). The average Bonchev–Trinajstić information content (AvgIpc) is 2.87. The Morgan fingerprint density at radius 1 is 1.12 bits per heavy atom. The Morgan fingerprint density at radius 2 is 1.92 bits per heavy atom. The zero-order valence-corrected chi connectivity index (χ0v) is 16.4. The molecule has 1 unspecified atom stereocenters. The molecule has 0 bridgehead atoms. The zero-order chi connectivity index (χ0) is 17.6. The summed E-state index contributed by atoms with van der Waals surface area (Å²) in [4.78, 5) is 6.93. The maximum absolute atomic E-state index is 6.27. The van der Waals surface area contributed by atoms with E-state index in [1.807, 2.05) is 11.5 Å². The molecular weight excluding hydrogens is 353 g/mol. The Kier molecular flexibility index (Phi) is 6.80. The Bertz CT molecular complexity index is 669. The predicted molar refractivity (Wildman–Crippen MR) is 106 cm³/mol. The van der Waals surface area contributed by atoms with Gasteiger partial charge < -0.3 is 9.47 Å². The first-order valence-electron chi connectivity index (χ1n) is 9.31. The van der Waals surface area contributed by atoms with Gasteiger partial charge in [-0.25, -0.2) is 4.98 Å². The van der Waals surface area contributed by atoms with E-state index in [2.05, 4.69) is 40.2 Å². The number of nitrogens with zero attached hydrogens (tertiary/aromatic N) is 3. The molecule has 2 aromatic rings. The van der Waals surface area contributed by atoms with Crippen LogP contribution in [0.1, 0.15) is 43.5 Å². The number of piperidine rings is 1. The normalized spacial score (nSPS) is 18.6. The van der Waals surface area contributed by atoms with Gasteiger partial charge in [0.1, 0.15) is 11.0 Å². The van der Waals surface area contributed by atoms with Gasteiger partial charge in [0.25, 0.3) is 0 Å². The van der Waals surface area contributed by atoms with Crippen molar-refractivity contribution in [1.29, 1.82) is 0 Å². The molecule has 136 valence electrons. The summed E-state index contributed by atoms with van der Waals surface area (Å²) < 4.78 is 2.04. The summed E-state index contributed by atoms with van der Waals surface area (Å²) in [6.07, 6.45) is 7.42. The van der Waals surface area contributed by atoms with Gasteiger partial charge in [-0.05, 0) is 57.7 Å². The SMILES string of the molecule is Cc1nc(Cl)c(Cl)n1CCC1CCCCN1CCCc1ccccc1. The minimum atomic E-state index is 0.419. The van der Waals surface area contributed by atoms with E-state index >= 15 is 0 Å². The molecule has 0 radical (unpaired) electrons. The van der Waals surface area contributed by atoms with E-state index in [9.17, 15) is 0 Å². The minimum Gasteiger partial charge on any atom is -0.318 e. The third-order valence-corrected chi connectivity index (χ3v) is 5.99. The van der Waals surface area contributed by atoms with Crippen molar-refractivity contribution >= 4 is 23.2 Å². The molecule has 0 amide bonds. The molecule has 0 spiro atoms. The second kappa shape index (κ2) is 9.07. The van der Waals surface area contributed by atoms with E-state index in [4.69, 9.17) is 23.2 Å². The van der Waals surface area contributed by atoms with Gasteiger partial charge in [-0.1, -0.05) is 60.0 Å². The number of likely N-dealkylation sites (tertiary alicyclic amines) is 1. The van der Waals surface area contributed by atoms with Gasteiger partial charge in [-0.15, -0.1) is 0 Å². The smallest absolute Gasteiger partial charge is 0.166 e. The molecule has 25 heavy (non-hydrogen) atoms. The van der Waals surface area contributed by atoms with Crippen molar-refractivity contribution in [3.63, 3.8) is 0 Å². The number of hydrogen-bond acceptors (Lipinski definition) is 2. The summed E-state index contributed by atoms with van der Waals surface area (Å²) in [5.41, 5.74) is 1.44. The Labute approximate surface area is 161 Å². The highest BCUT2D eigenvalue weighted by atomic mass is 35.5. The molecule has 0 N–H and O–H groups in total. The van der Waals surface area contributed by atoms with Crippen molar-refractivity contribution in [2.45, 2.75) is 58.0 Å². The molecule has 1 aliphatic rings. The van der Waals surface area contributed by atoms with Gasteiger partial charge in [0.15, 0.2) is 5.15 Å². The highest BCUT2D eigenvalue weighted by molar-refractivity contribution is 6.40. The third kappa shape index (κ3) is 4.99. The molecular formula is C20H27Cl2N3. The van der Waals surface area contributed by atoms with Crippen molar-refractivity contribution in [2.24, 2.45) is 0 Å². The van der Waals surface area contributed by atoms with Crippen LogP contribution in [0.3, 0.4) is 0 Å². The molecule has 1 aliphatic heterocycles. The lowest BCUT2D eigenvalue weighted by atomic mass is 9.98. The molecule has 3 nitrogen and oxygen atoms in total. The van der Waals surface area contributed by atoms with Gasteiger partial charge in [-0.3, -0.25) is 0 Å². The number of hydrogen-bond donors (Lipinski definition) is 0. The van der Waals surface area contributed by atoms with E-state index in [-0.39, 0.29) is 0 Å². The molecule has 1 aromatic carbocycles. The van der Waals surface area contributed by atoms with Crippen LogP contribution in [0.4, 0.5) is 0 Å². The van der Waals surface area contributed by atoms with Crippen LogP contribution in [-0.4, -0.2) is 33.6 Å². The van der Waals surface area contributed by atoms with Crippen LogP contribution in [0, 0.1) is 6.92 Å². The summed E-state index contributed by atoms with van der Waals surface area (Å²) in [6, 6.07) is 11.4. The number of benzene rings is 1. The van der Waals surface area contributed by atoms with Crippen molar-refractivity contribution < 1.29 is 0 Å². The molecule has 1 fully saturated rings. The van der Waals surface area contributed by atoms with Gasteiger partial charge in [0.2, 0.25) is 0 Å². The van der Waals surface area contributed by atoms with Crippen LogP contribution in [0.25, 0.3) is 0 Å². The Balaban J connectivity index is 1.52. The summed E-state index contributed by atoms with van der Waals surface area (Å²) in [6.45, 7) is 5.26. The van der Waals surface area contributed by atoms with Crippen molar-refractivity contribution in [3.05, 3.63) is 52.0 Å². The summed E-state index contributed by atoms with van der Waals surface area (Å²) >= 11 is 12.3. The van der Waals surface area contributed by atoms with E-state index in [0.29, 0.717) is 16.3 Å². The number of rotatable bonds is 7. The van der Waals surface area contributed by atoms with Gasteiger partial charge in [0, 0.05) is 12.6 Å². The van der Waals surface area contributed by atoms with Crippen molar-refractivity contribution in [1.82, 2.24) is 14.5 Å². The fourth-order valence-electron chi connectivity index (χ4n) is 3.85. The summed E-state index contributed by atoms with van der Waals surface area (Å²) in [5.74, 6) is 0.904. The zero-order valence-electron chi connectivity index (χ0n) is 14.9. The summed E-state index contributed by atoms with van der Waals surface area (Å²) in [7, 11) is 0. The van der Waals surface area contributed by atoms with E-state index in [0.717, 1.165) is 25.2 Å².